The zero-order valence-corrected chi connectivity index (χ0v) is 12.9. The number of amides is 1. The van der Waals surface area contributed by atoms with Gasteiger partial charge in [0.05, 0.1) is 12.3 Å². The van der Waals surface area contributed by atoms with Crippen molar-refractivity contribution in [2.45, 2.75) is 5.75 Å². The van der Waals surface area contributed by atoms with Gasteiger partial charge in [-0.2, -0.15) is 0 Å². The smallest absolute Gasteiger partial charge is 0.237 e. The van der Waals surface area contributed by atoms with E-state index in [1.165, 1.54) is 4.90 Å². The van der Waals surface area contributed by atoms with Crippen molar-refractivity contribution in [3.63, 3.8) is 0 Å². The molecular weight excluding hydrogens is 298 g/mol. The maximum Gasteiger partial charge on any atom is 0.237 e. The van der Waals surface area contributed by atoms with E-state index in [0.717, 1.165) is 0 Å². The molecule has 0 fully saturated rings. The molecule has 0 saturated heterocycles. The Balaban J connectivity index is 2.82. The summed E-state index contributed by atoms with van der Waals surface area (Å²) in [4.78, 5) is 12.8. The minimum Gasteiger partial charge on any atom is -0.389 e. The van der Waals surface area contributed by atoms with E-state index in [0.29, 0.717) is 11.1 Å². The maximum absolute atomic E-state index is 11.9. The molecule has 0 spiro atoms. The molecule has 0 radical (unpaired) electrons. The van der Waals surface area contributed by atoms with Crippen LogP contribution in [0.3, 0.4) is 0 Å². The average Bonchev–Trinajstić information content (AvgIpc) is 2.35. The molecule has 20 heavy (non-hydrogen) atoms. The van der Waals surface area contributed by atoms with Crippen LogP contribution in [0.25, 0.3) is 0 Å². The summed E-state index contributed by atoms with van der Waals surface area (Å²) < 4.78 is 26.1. The fourth-order valence-electron chi connectivity index (χ4n) is 1.47. The largest absolute Gasteiger partial charge is 0.389 e. The molecule has 6 nitrogen and oxygen atoms in total. The summed E-state index contributed by atoms with van der Waals surface area (Å²) in [6, 6.07) is 6.74. The standard InChI is InChI=1S/C12H17N3O3S2/c1-15(2)11(16)7-14-20(17,18)8-9-5-3-4-6-10(9)12(13)19/h3-6,14H,7-8H2,1-2H3,(H2,13,19). The fourth-order valence-corrected chi connectivity index (χ4v) is 2.78. The number of carbonyl (C=O) groups is 1. The van der Waals surface area contributed by atoms with Gasteiger partial charge in [0.2, 0.25) is 15.9 Å². The Morgan fingerprint density at radius 2 is 1.95 bits per heavy atom. The molecule has 0 atom stereocenters. The highest BCUT2D eigenvalue weighted by molar-refractivity contribution is 7.88. The monoisotopic (exact) mass is 315 g/mol. The van der Waals surface area contributed by atoms with E-state index in [-0.39, 0.29) is 23.2 Å². The molecule has 0 aliphatic heterocycles. The Labute approximate surface area is 124 Å². The third-order valence-corrected chi connectivity index (χ3v) is 4.07. The van der Waals surface area contributed by atoms with Crippen LogP contribution >= 0.6 is 12.2 Å². The molecule has 0 heterocycles. The molecule has 0 unspecified atom stereocenters. The summed E-state index contributed by atoms with van der Waals surface area (Å²) >= 11 is 4.88. The van der Waals surface area contributed by atoms with Crippen molar-refractivity contribution >= 4 is 33.1 Å². The quantitative estimate of drug-likeness (QED) is 0.711. The van der Waals surface area contributed by atoms with Crippen LogP contribution in [-0.2, 0) is 20.6 Å². The van der Waals surface area contributed by atoms with Crippen molar-refractivity contribution in [1.82, 2.24) is 9.62 Å². The van der Waals surface area contributed by atoms with E-state index in [1.54, 1.807) is 38.4 Å². The van der Waals surface area contributed by atoms with Gasteiger partial charge >= 0.3 is 0 Å². The van der Waals surface area contributed by atoms with Crippen molar-refractivity contribution in [1.29, 1.82) is 0 Å². The van der Waals surface area contributed by atoms with Crippen molar-refractivity contribution in [2.75, 3.05) is 20.6 Å². The van der Waals surface area contributed by atoms with Crippen LogP contribution in [0.5, 0.6) is 0 Å². The van der Waals surface area contributed by atoms with Crippen LogP contribution < -0.4 is 10.5 Å². The molecular formula is C12H17N3O3S2. The summed E-state index contributed by atoms with van der Waals surface area (Å²) in [5, 5.41) is 0. The van der Waals surface area contributed by atoms with Crippen LogP contribution in [0.4, 0.5) is 0 Å². The summed E-state index contributed by atoms with van der Waals surface area (Å²) in [5.41, 5.74) is 6.58. The highest BCUT2D eigenvalue weighted by atomic mass is 32.2. The van der Waals surface area contributed by atoms with E-state index in [1.807, 2.05) is 0 Å². The lowest BCUT2D eigenvalue weighted by Crippen LogP contribution is -2.36. The Hall–Kier alpha value is -1.51. The molecule has 1 aromatic rings. The number of nitrogens with zero attached hydrogens (tertiary/aromatic N) is 1. The average molecular weight is 315 g/mol. The highest BCUT2D eigenvalue weighted by Gasteiger charge is 2.16. The molecule has 110 valence electrons. The van der Waals surface area contributed by atoms with Gasteiger partial charge in [0, 0.05) is 19.7 Å². The van der Waals surface area contributed by atoms with E-state index < -0.39 is 10.0 Å². The summed E-state index contributed by atoms with van der Waals surface area (Å²) in [6.45, 7) is -0.273. The lowest BCUT2D eigenvalue weighted by atomic mass is 10.1. The minimum absolute atomic E-state index is 0.139. The Bertz CT molecular complexity index is 612. The van der Waals surface area contributed by atoms with Gasteiger partial charge in [-0.3, -0.25) is 4.79 Å². The lowest BCUT2D eigenvalue weighted by molar-refractivity contribution is -0.127. The third-order valence-electron chi connectivity index (χ3n) is 2.57. The van der Waals surface area contributed by atoms with E-state index in [9.17, 15) is 13.2 Å². The maximum atomic E-state index is 11.9. The van der Waals surface area contributed by atoms with Gasteiger partial charge in [-0.25, -0.2) is 13.1 Å². The Morgan fingerprint density at radius 1 is 1.35 bits per heavy atom. The van der Waals surface area contributed by atoms with Crippen LogP contribution in [-0.4, -0.2) is 44.9 Å². The third kappa shape index (κ3) is 4.87. The highest BCUT2D eigenvalue weighted by Crippen LogP contribution is 2.12. The van der Waals surface area contributed by atoms with E-state index in [2.05, 4.69) is 4.72 Å². The molecule has 0 aromatic heterocycles. The second kappa shape index (κ2) is 6.78. The van der Waals surface area contributed by atoms with Gasteiger partial charge in [-0.15, -0.1) is 0 Å². The van der Waals surface area contributed by atoms with Crippen LogP contribution in [0.2, 0.25) is 0 Å². The number of hydrogen-bond acceptors (Lipinski definition) is 4. The van der Waals surface area contributed by atoms with Crippen molar-refractivity contribution in [2.24, 2.45) is 5.73 Å². The van der Waals surface area contributed by atoms with Crippen LogP contribution in [0.15, 0.2) is 24.3 Å². The second-order valence-corrected chi connectivity index (χ2v) is 6.64. The first-order valence-corrected chi connectivity index (χ1v) is 7.84. The van der Waals surface area contributed by atoms with Crippen molar-refractivity contribution < 1.29 is 13.2 Å². The molecule has 0 bridgehead atoms. The summed E-state index contributed by atoms with van der Waals surface area (Å²) in [5.74, 6) is -0.600. The zero-order chi connectivity index (χ0) is 15.3. The van der Waals surface area contributed by atoms with Crippen LogP contribution in [0.1, 0.15) is 11.1 Å². The van der Waals surface area contributed by atoms with Gasteiger partial charge in [0.15, 0.2) is 0 Å². The molecule has 3 N–H and O–H groups in total. The molecule has 0 saturated carbocycles. The lowest BCUT2D eigenvalue weighted by Gasteiger charge is -2.12. The van der Waals surface area contributed by atoms with Crippen molar-refractivity contribution in [3.05, 3.63) is 35.4 Å². The predicted octanol–water partition coefficient (Wildman–Crippen LogP) is -0.172. The Kier molecular flexibility index (Phi) is 5.61. The first-order valence-electron chi connectivity index (χ1n) is 5.78. The molecule has 0 aliphatic rings. The summed E-state index contributed by atoms with van der Waals surface area (Å²) in [6.07, 6.45) is 0. The van der Waals surface area contributed by atoms with E-state index in [4.69, 9.17) is 18.0 Å². The molecule has 0 aliphatic carbocycles. The number of hydrogen-bond donors (Lipinski definition) is 2. The first kappa shape index (κ1) is 16.5. The Morgan fingerprint density at radius 3 is 2.50 bits per heavy atom. The van der Waals surface area contributed by atoms with Crippen LogP contribution in [0, 0.1) is 0 Å². The minimum atomic E-state index is -3.63. The summed E-state index contributed by atoms with van der Waals surface area (Å²) in [7, 11) is -0.523. The molecule has 1 amide bonds. The SMILES string of the molecule is CN(C)C(=O)CNS(=O)(=O)Cc1ccccc1C(N)=S. The first-order chi connectivity index (χ1) is 9.23. The van der Waals surface area contributed by atoms with Gasteiger partial charge in [-0.05, 0) is 5.56 Å². The normalized spacial score (nSPS) is 11.1. The van der Waals surface area contributed by atoms with Gasteiger partial charge < -0.3 is 10.6 Å². The van der Waals surface area contributed by atoms with Gasteiger partial charge in [0.25, 0.3) is 0 Å². The molecule has 8 heteroatoms. The number of thiocarbonyl (C=S) groups is 1. The zero-order valence-electron chi connectivity index (χ0n) is 11.3. The van der Waals surface area contributed by atoms with E-state index >= 15 is 0 Å². The van der Waals surface area contributed by atoms with Gasteiger partial charge in [0.1, 0.15) is 4.99 Å². The predicted molar refractivity (Wildman–Crippen MR) is 81.6 cm³/mol. The second-order valence-electron chi connectivity index (χ2n) is 4.39. The van der Waals surface area contributed by atoms with Gasteiger partial charge in [-0.1, -0.05) is 36.5 Å². The molecule has 1 rings (SSSR count). The number of nitrogens with one attached hydrogen (secondary N) is 1. The number of likely N-dealkylation sites (N-methyl/N-ethyl adjacent to an activating group) is 1. The molecule has 1 aromatic carbocycles. The number of carbonyl (C=O) groups excluding carboxylic acids is 1. The fraction of sp³-hybridized carbons (Fsp3) is 0.333. The van der Waals surface area contributed by atoms with Crippen molar-refractivity contribution in [3.8, 4) is 0 Å². The topological polar surface area (TPSA) is 92.5 Å². The number of nitrogens with two attached hydrogens (primary N) is 1. The number of benzene rings is 1. The number of rotatable bonds is 6. The number of sulfonamides is 1.